The van der Waals surface area contributed by atoms with E-state index in [1.807, 2.05) is 47.5 Å². The number of urea groups is 1. The number of nitrogens with one attached hydrogen (secondary N) is 1. The van der Waals surface area contributed by atoms with Crippen molar-refractivity contribution in [2.75, 3.05) is 6.54 Å². The van der Waals surface area contributed by atoms with Crippen LogP contribution < -0.4 is 10.1 Å². The Morgan fingerprint density at radius 2 is 2.08 bits per heavy atom. The molecule has 0 spiro atoms. The molecule has 1 N–H and O–H groups in total. The van der Waals surface area contributed by atoms with Gasteiger partial charge in [-0.15, -0.1) is 11.3 Å². The highest BCUT2D eigenvalue weighted by Crippen LogP contribution is 2.17. The normalized spacial score (nSPS) is 11.8. The second kappa shape index (κ2) is 9.27. The van der Waals surface area contributed by atoms with E-state index in [1.54, 1.807) is 11.3 Å². The van der Waals surface area contributed by atoms with Gasteiger partial charge in [-0.25, -0.2) is 9.78 Å². The monoisotopic (exact) mass is 347 g/mol. The fraction of sp³-hybridized carbons (Fsp3) is 0.444. The van der Waals surface area contributed by atoms with Crippen molar-refractivity contribution in [2.45, 2.75) is 46.4 Å². The van der Waals surface area contributed by atoms with Crippen LogP contribution in [0.4, 0.5) is 4.79 Å². The van der Waals surface area contributed by atoms with Crippen LogP contribution in [0.3, 0.4) is 0 Å². The van der Waals surface area contributed by atoms with Gasteiger partial charge in [-0.1, -0.05) is 25.1 Å². The van der Waals surface area contributed by atoms with Crippen molar-refractivity contribution in [1.29, 1.82) is 0 Å². The molecule has 5 nitrogen and oxygen atoms in total. The Kier molecular flexibility index (Phi) is 7.06. The molecule has 1 aromatic heterocycles. The third-order valence-corrected chi connectivity index (χ3v) is 4.62. The molecule has 2 amide bonds. The minimum absolute atomic E-state index is 0.0399. The summed E-state index contributed by atoms with van der Waals surface area (Å²) in [5, 5.41) is 5.78. The first-order valence-corrected chi connectivity index (χ1v) is 9.17. The second-order valence-electron chi connectivity index (χ2n) is 5.55. The van der Waals surface area contributed by atoms with Crippen LogP contribution >= 0.6 is 11.3 Å². The van der Waals surface area contributed by atoms with E-state index in [9.17, 15) is 4.79 Å². The maximum Gasteiger partial charge on any atom is 0.317 e. The molecule has 1 aromatic carbocycles. The summed E-state index contributed by atoms with van der Waals surface area (Å²) in [6.07, 6.45) is 0.908. The summed E-state index contributed by atoms with van der Waals surface area (Å²) in [6.45, 7) is 7.65. The van der Waals surface area contributed by atoms with Gasteiger partial charge in [-0.2, -0.15) is 0 Å². The lowest BCUT2D eigenvalue weighted by Gasteiger charge is -2.27. The van der Waals surface area contributed by atoms with E-state index in [0.717, 1.165) is 22.9 Å². The standard InChI is InChI=1S/C18H25N3O2S/c1-4-14(3)21(18(22)19-5-2)11-15-13-24-17(20-15)12-23-16-9-7-6-8-10-16/h6-10,13-14H,4-5,11-12H2,1-3H3,(H,19,22). The summed E-state index contributed by atoms with van der Waals surface area (Å²) in [7, 11) is 0. The number of carbonyl (C=O) groups is 1. The zero-order valence-corrected chi connectivity index (χ0v) is 15.3. The lowest BCUT2D eigenvalue weighted by molar-refractivity contribution is 0.173. The van der Waals surface area contributed by atoms with Crippen molar-refractivity contribution < 1.29 is 9.53 Å². The Morgan fingerprint density at radius 1 is 1.33 bits per heavy atom. The number of benzene rings is 1. The zero-order valence-electron chi connectivity index (χ0n) is 14.5. The van der Waals surface area contributed by atoms with Gasteiger partial charge in [-0.3, -0.25) is 0 Å². The average molecular weight is 347 g/mol. The van der Waals surface area contributed by atoms with Gasteiger partial charge in [0.25, 0.3) is 0 Å². The minimum atomic E-state index is -0.0399. The lowest BCUT2D eigenvalue weighted by Crippen LogP contribution is -2.44. The molecule has 2 rings (SSSR count). The van der Waals surface area contributed by atoms with Crippen LogP contribution in [-0.2, 0) is 13.2 Å². The first kappa shape index (κ1) is 18.3. The van der Waals surface area contributed by atoms with E-state index in [2.05, 4.69) is 24.1 Å². The number of rotatable bonds is 8. The first-order valence-electron chi connectivity index (χ1n) is 8.29. The number of amides is 2. The minimum Gasteiger partial charge on any atom is -0.486 e. The summed E-state index contributed by atoms with van der Waals surface area (Å²) in [4.78, 5) is 18.7. The van der Waals surface area contributed by atoms with Crippen molar-refractivity contribution >= 4 is 17.4 Å². The third kappa shape index (κ3) is 5.23. The van der Waals surface area contributed by atoms with Crippen LogP contribution in [0.1, 0.15) is 37.9 Å². The Balaban J connectivity index is 1.96. The number of hydrogen-bond acceptors (Lipinski definition) is 4. The van der Waals surface area contributed by atoms with E-state index >= 15 is 0 Å². The molecule has 1 atom stereocenters. The quantitative estimate of drug-likeness (QED) is 0.784. The summed E-state index contributed by atoms with van der Waals surface area (Å²) >= 11 is 1.56. The Bertz CT molecular complexity index is 630. The molecule has 0 saturated heterocycles. The Labute approximate surface area is 147 Å². The van der Waals surface area contributed by atoms with Crippen molar-refractivity contribution in [3.63, 3.8) is 0 Å². The number of aromatic nitrogens is 1. The van der Waals surface area contributed by atoms with E-state index < -0.39 is 0 Å². The third-order valence-electron chi connectivity index (χ3n) is 3.75. The van der Waals surface area contributed by atoms with Gasteiger partial charge in [0.2, 0.25) is 0 Å². The molecule has 6 heteroatoms. The molecular formula is C18H25N3O2S. The maximum absolute atomic E-state index is 12.2. The largest absolute Gasteiger partial charge is 0.486 e. The highest BCUT2D eigenvalue weighted by Gasteiger charge is 2.19. The Hall–Kier alpha value is -2.08. The van der Waals surface area contributed by atoms with E-state index in [-0.39, 0.29) is 12.1 Å². The summed E-state index contributed by atoms with van der Waals surface area (Å²) in [5.74, 6) is 0.831. The Morgan fingerprint density at radius 3 is 2.75 bits per heavy atom. The van der Waals surface area contributed by atoms with E-state index in [0.29, 0.717) is 19.7 Å². The number of hydrogen-bond donors (Lipinski definition) is 1. The molecule has 24 heavy (non-hydrogen) atoms. The SMILES string of the molecule is CCNC(=O)N(Cc1csc(COc2ccccc2)n1)C(C)CC. The van der Waals surface area contributed by atoms with Crippen molar-refractivity contribution in [3.05, 3.63) is 46.4 Å². The second-order valence-corrected chi connectivity index (χ2v) is 6.50. The molecule has 0 bridgehead atoms. The number of ether oxygens (including phenoxy) is 1. The highest BCUT2D eigenvalue weighted by atomic mass is 32.1. The summed E-state index contributed by atoms with van der Waals surface area (Å²) in [5.41, 5.74) is 0.901. The molecule has 2 aromatic rings. The van der Waals surface area contributed by atoms with Crippen LogP contribution in [0.25, 0.3) is 0 Å². The highest BCUT2D eigenvalue weighted by molar-refractivity contribution is 7.09. The lowest BCUT2D eigenvalue weighted by atomic mass is 10.2. The van der Waals surface area contributed by atoms with Crippen LogP contribution in [0.5, 0.6) is 5.75 Å². The number of nitrogens with zero attached hydrogens (tertiary/aromatic N) is 2. The molecule has 0 fully saturated rings. The molecule has 1 heterocycles. The fourth-order valence-corrected chi connectivity index (χ4v) is 2.92. The van der Waals surface area contributed by atoms with Crippen molar-refractivity contribution in [3.8, 4) is 5.75 Å². The van der Waals surface area contributed by atoms with Gasteiger partial charge < -0.3 is 15.0 Å². The molecule has 0 aliphatic rings. The van der Waals surface area contributed by atoms with Gasteiger partial charge in [0.05, 0.1) is 12.2 Å². The molecule has 0 aliphatic heterocycles. The van der Waals surface area contributed by atoms with Crippen molar-refractivity contribution in [2.24, 2.45) is 0 Å². The summed E-state index contributed by atoms with van der Waals surface area (Å²) in [6, 6.07) is 9.82. The zero-order chi connectivity index (χ0) is 17.4. The van der Waals surface area contributed by atoms with E-state index in [1.165, 1.54) is 0 Å². The predicted molar refractivity (Wildman–Crippen MR) is 97.3 cm³/mol. The van der Waals surface area contributed by atoms with Gasteiger partial charge >= 0.3 is 6.03 Å². The van der Waals surface area contributed by atoms with E-state index in [4.69, 9.17) is 4.74 Å². The van der Waals surface area contributed by atoms with Gasteiger partial charge in [-0.05, 0) is 32.4 Å². The topological polar surface area (TPSA) is 54.5 Å². The fourth-order valence-electron chi connectivity index (χ4n) is 2.23. The number of carbonyl (C=O) groups excluding carboxylic acids is 1. The van der Waals surface area contributed by atoms with Crippen LogP contribution in [-0.4, -0.2) is 28.5 Å². The molecule has 1 unspecified atom stereocenters. The molecular weight excluding hydrogens is 322 g/mol. The van der Waals surface area contributed by atoms with Crippen molar-refractivity contribution in [1.82, 2.24) is 15.2 Å². The average Bonchev–Trinajstić information content (AvgIpc) is 3.06. The molecule has 0 saturated carbocycles. The summed E-state index contributed by atoms with van der Waals surface area (Å²) < 4.78 is 5.72. The van der Waals surface area contributed by atoms with Gasteiger partial charge in [0, 0.05) is 18.0 Å². The smallest absolute Gasteiger partial charge is 0.317 e. The van der Waals surface area contributed by atoms with Gasteiger partial charge in [0.15, 0.2) is 0 Å². The number of para-hydroxylation sites is 1. The van der Waals surface area contributed by atoms with Gasteiger partial charge in [0.1, 0.15) is 17.4 Å². The first-order chi connectivity index (χ1) is 11.6. The predicted octanol–water partition coefficient (Wildman–Crippen LogP) is 4.05. The van der Waals surface area contributed by atoms with Crippen LogP contribution in [0, 0.1) is 0 Å². The van der Waals surface area contributed by atoms with Crippen LogP contribution in [0.15, 0.2) is 35.7 Å². The molecule has 130 valence electrons. The maximum atomic E-state index is 12.2. The molecule has 0 radical (unpaired) electrons. The number of thiazole rings is 1. The van der Waals surface area contributed by atoms with Crippen LogP contribution in [0.2, 0.25) is 0 Å². The molecule has 0 aliphatic carbocycles.